The van der Waals surface area contributed by atoms with Gasteiger partial charge in [-0.25, -0.2) is 9.78 Å². The molecule has 7 nitrogen and oxygen atoms in total. The molecule has 1 aliphatic heterocycles. The Balaban J connectivity index is 1.90. The summed E-state index contributed by atoms with van der Waals surface area (Å²) in [5, 5.41) is 9.04. The van der Waals surface area contributed by atoms with Gasteiger partial charge in [-0.05, 0) is 25.0 Å². The summed E-state index contributed by atoms with van der Waals surface area (Å²) in [4.78, 5) is 31.5. The number of carbonyl (C=O) groups is 2. The zero-order valence-corrected chi connectivity index (χ0v) is 10.6. The number of carboxylic acid groups (broad SMARTS) is 1. The number of nitrogens with zero attached hydrogens (tertiary/aromatic N) is 2. The molecule has 0 saturated carbocycles. The van der Waals surface area contributed by atoms with E-state index in [1.807, 2.05) is 6.07 Å². The van der Waals surface area contributed by atoms with Gasteiger partial charge in [0.2, 0.25) is 0 Å². The first-order chi connectivity index (χ1) is 9.68. The van der Waals surface area contributed by atoms with E-state index in [2.05, 4.69) is 9.97 Å². The molecule has 1 fully saturated rings. The molecule has 2 aromatic heterocycles. The molecule has 0 radical (unpaired) electrons. The highest BCUT2D eigenvalue weighted by atomic mass is 16.4. The second-order valence-electron chi connectivity index (χ2n) is 4.60. The fraction of sp³-hybridized carbons (Fsp3) is 0.308. The van der Waals surface area contributed by atoms with E-state index in [-0.39, 0.29) is 23.3 Å². The van der Waals surface area contributed by atoms with Crippen molar-refractivity contribution in [3.8, 4) is 0 Å². The molecule has 1 saturated heterocycles. The van der Waals surface area contributed by atoms with Gasteiger partial charge in [-0.1, -0.05) is 0 Å². The van der Waals surface area contributed by atoms with Crippen molar-refractivity contribution in [3.63, 3.8) is 0 Å². The smallest absolute Gasteiger partial charge is 0.354 e. The highest BCUT2D eigenvalue weighted by molar-refractivity contribution is 6.02. The van der Waals surface area contributed by atoms with Gasteiger partial charge in [-0.15, -0.1) is 0 Å². The number of nitrogens with one attached hydrogen (secondary N) is 1. The lowest BCUT2D eigenvalue weighted by Gasteiger charge is -2.22. The van der Waals surface area contributed by atoms with Crippen molar-refractivity contribution in [3.05, 3.63) is 41.9 Å². The van der Waals surface area contributed by atoms with Crippen LogP contribution in [-0.2, 0) is 0 Å². The van der Waals surface area contributed by atoms with Crippen LogP contribution < -0.4 is 0 Å². The van der Waals surface area contributed by atoms with Crippen molar-refractivity contribution in [2.45, 2.75) is 18.9 Å². The Bertz CT molecular complexity index is 632. The van der Waals surface area contributed by atoms with Crippen LogP contribution in [0.4, 0.5) is 0 Å². The summed E-state index contributed by atoms with van der Waals surface area (Å²) < 4.78 is 5.35. The second kappa shape index (κ2) is 4.84. The van der Waals surface area contributed by atoms with E-state index < -0.39 is 5.97 Å². The van der Waals surface area contributed by atoms with Crippen LogP contribution in [0.1, 0.15) is 45.6 Å². The van der Waals surface area contributed by atoms with Crippen LogP contribution in [0.15, 0.2) is 29.1 Å². The molecule has 3 rings (SSSR count). The summed E-state index contributed by atoms with van der Waals surface area (Å²) in [5.41, 5.74) is -0.240. The van der Waals surface area contributed by atoms with Crippen molar-refractivity contribution < 1.29 is 19.1 Å². The van der Waals surface area contributed by atoms with Crippen LogP contribution in [0.25, 0.3) is 0 Å². The normalized spacial score (nSPS) is 18.4. The van der Waals surface area contributed by atoms with Gasteiger partial charge in [0.1, 0.15) is 5.76 Å². The van der Waals surface area contributed by atoms with E-state index in [4.69, 9.17) is 9.52 Å². The minimum absolute atomic E-state index is 0.0593. The van der Waals surface area contributed by atoms with E-state index in [0.717, 1.165) is 12.8 Å². The van der Waals surface area contributed by atoms with Gasteiger partial charge < -0.3 is 19.4 Å². The van der Waals surface area contributed by atoms with E-state index in [1.54, 1.807) is 17.2 Å². The monoisotopic (exact) mass is 275 g/mol. The fourth-order valence-corrected chi connectivity index (χ4v) is 2.54. The first-order valence-corrected chi connectivity index (χ1v) is 6.29. The van der Waals surface area contributed by atoms with Crippen molar-refractivity contribution in [1.82, 2.24) is 14.9 Å². The molecule has 2 aromatic rings. The first-order valence-electron chi connectivity index (χ1n) is 6.29. The maximum absolute atomic E-state index is 12.5. The number of carboxylic acids is 1. The molecule has 20 heavy (non-hydrogen) atoms. The molecule has 3 heterocycles. The van der Waals surface area contributed by atoms with E-state index in [1.165, 1.54) is 6.33 Å². The largest absolute Gasteiger partial charge is 0.477 e. The summed E-state index contributed by atoms with van der Waals surface area (Å²) in [6.45, 7) is 0.566. The third-order valence-electron chi connectivity index (χ3n) is 3.44. The maximum Gasteiger partial charge on any atom is 0.354 e. The molecule has 0 spiro atoms. The number of furan rings is 1. The Hall–Kier alpha value is -2.57. The maximum atomic E-state index is 12.5. The van der Waals surface area contributed by atoms with Gasteiger partial charge in [-0.3, -0.25) is 4.79 Å². The summed E-state index contributed by atoms with van der Waals surface area (Å²) in [6, 6.07) is 3.43. The summed E-state index contributed by atoms with van der Waals surface area (Å²) in [6.07, 6.45) is 4.43. The van der Waals surface area contributed by atoms with Crippen LogP contribution >= 0.6 is 0 Å². The zero-order chi connectivity index (χ0) is 14.1. The number of hydrogen-bond acceptors (Lipinski definition) is 4. The number of H-pyrrole nitrogens is 1. The number of imidazole rings is 1. The number of hydrogen-bond donors (Lipinski definition) is 2. The molecule has 1 aliphatic rings. The lowest BCUT2D eigenvalue weighted by Crippen LogP contribution is -2.31. The number of rotatable bonds is 3. The fourth-order valence-electron chi connectivity index (χ4n) is 2.54. The van der Waals surface area contributed by atoms with E-state index >= 15 is 0 Å². The van der Waals surface area contributed by atoms with Crippen LogP contribution in [0.2, 0.25) is 0 Å². The van der Waals surface area contributed by atoms with Gasteiger partial charge in [0.05, 0.1) is 18.6 Å². The Morgan fingerprint density at radius 3 is 3.05 bits per heavy atom. The SMILES string of the molecule is O=C(O)c1[nH]cnc1C(=O)N1CCCC1c1ccco1. The van der Waals surface area contributed by atoms with Crippen molar-refractivity contribution in [1.29, 1.82) is 0 Å². The van der Waals surface area contributed by atoms with Gasteiger partial charge in [-0.2, -0.15) is 0 Å². The van der Waals surface area contributed by atoms with Gasteiger partial charge in [0.15, 0.2) is 11.4 Å². The molecular formula is C13H13N3O4. The second-order valence-corrected chi connectivity index (χ2v) is 4.60. The Kier molecular flexibility index (Phi) is 3.02. The third kappa shape index (κ3) is 1.97. The molecule has 0 aromatic carbocycles. The van der Waals surface area contributed by atoms with Crippen LogP contribution in [0.5, 0.6) is 0 Å². The lowest BCUT2D eigenvalue weighted by atomic mass is 10.1. The Morgan fingerprint density at radius 1 is 1.50 bits per heavy atom. The Labute approximate surface area is 114 Å². The van der Waals surface area contributed by atoms with Crippen molar-refractivity contribution >= 4 is 11.9 Å². The number of aromatic nitrogens is 2. The molecule has 1 atom stereocenters. The van der Waals surface area contributed by atoms with Crippen LogP contribution in [0, 0.1) is 0 Å². The molecule has 1 unspecified atom stereocenters. The molecule has 7 heteroatoms. The average Bonchev–Trinajstić information content (AvgIpc) is 3.17. The number of carbonyl (C=O) groups excluding carboxylic acids is 1. The number of aromatic amines is 1. The molecular weight excluding hydrogens is 262 g/mol. The average molecular weight is 275 g/mol. The van der Waals surface area contributed by atoms with Crippen molar-refractivity contribution in [2.24, 2.45) is 0 Å². The minimum atomic E-state index is -1.19. The lowest BCUT2D eigenvalue weighted by molar-refractivity contribution is 0.0658. The van der Waals surface area contributed by atoms with Gasteiger partial charge in [0.25, 0.3) is 5.91 Å². The standard InChI is InChI=1S/C13H13N3O4/c17-12(10-11(13(18)19)15-7-14-10)16-5-1-3-8(16)9-4-2-6-20-9/h2,4,6-8H,1,3,5H2,(H,14,15)(H,18,19). The van der Waals surface area contributed by atoms with Crippen molar-refractivity contribution in [2.75, 3.05) is 6.54 Å². The number of amides is 1. The molecule has 1 amide bonds. The quantitative estimate of drug-likeness (QED) is 0.887. The van der Waals surface area contributed by atoms with Gasteiger partial charge >= 0.3 is 5.97 Å². The third-order valence-corrected chi connectivity index (χ3v) is 3.44. The predicted octanol–water partition coefficient (Wildman–Crippen LogP) is 1.68. The van der Waals surface area contributed by atoms with Crippen LogP contribution in [-0.4, -0.2) is 38.4 Å². The molecule has 0 aliphatic carbocycles. The van der Waals surface area contributed by atoms with Gasteiger partial charge in [0, 0.05) is 6.54 Å². The highest BCUT2D eigenvalue weighted by Gasteiger charge is 2.35. The summed E-state index contributed by atoms with van der Waals surface area (Å²) in [5.74, 6) is -0.870. The first kappa shape index (κ1) is 12.5. The molecule has 104 valence electrons. The molecule has 0 bridgehead atoms. The zero-order valence-electron chi connectivity index (χ0n) is 10.6. The predicted molar refractivity (Wildman–Crippen MR) is 67.3 cm³/mol. The highest BCUT2D eigenvalue weighted by Crippen LogP contribution is 2.33. The Morgan fingerprint density at radius 2 is 2.35 bits per heavy atom. The van der Waals surface area contributed by atoms with E-state index in [9.17, 15) is 9.59 Å². The van der Waals surface area contributed by atoms with E-state index in [0.29, 0.717) is 12.3 Å². The topological polar surface area (TPSA) is 99.4 Å². The number of aromatic carboxylic acids is 1. The summed E-state index contributed by atoms with van der Waals surface area (Å²) >= 11 is 0. The molecule has 2 N–H and O–H groups in total. The number of likely N-dealkylation sites (tertiary alicyclic amines) is 1. The minimum Gasteiger partial charge on any atom is -0.477 e. The van der Waals surface area contributed by atoms with Crippen LogP contribution in [0.3, 0.4) is 0 Å². The summed E-state index contributed by atoms with van der Waals surface area (Å²) in [7, 11) is 0.